The van der Waals surface area contributed by atoms with Gasteiger partial charge in [-0.1, -0.05) is 12.8 Å². The zero-order chi connectivity index (χ0) is 13.2. The molecule has 0 amide bonds. The summed E-state index contributed by atoms with van der Waals surface area (Å²) in [7, 11) is 0. The highest BCUT2D eigenvalue weighted by atomic mass is 16.3. The Kier molecular flexibility index (Phi) is 4.45. The van der Waals surface area contributed by atoms with Gasteiger partial charge in [0, 0.05) is 31.7 Å². The molecule has 1 saturated heterocycles. The van der Waals surface area contributed by atoms with Gasteiger partial charge in [-0.15, -0.1) is 0 Å². The minimum Gasteiger partial charge on any atom is -0.393 e. The second kappa shape index (κ2) is 6.11. The van der Waals surface area contributed by atoms with E-state index in [1.807, 2.05) is 6.92 Å². The molecule has 2 saturated carbocycles. The summed E-state index contributed by atoms with van der Waals surface area (Å²) in [6, 6.07) is 1.40. The van der Waals surface area contributed by atoms with E-state index in [4.69, 9.17) is 0 Å². The van der Waals surface area contributed by atoms with Crippen LogP contribution in [0, 0.1) is 11.8 Å². The molecule has 2 N–H and O–H groups in total. The van der Waals surface area contributed by atoms with Crippen LogP contribution in [0.25, 0.3) is 0 Å². The van der Waals surface area contributed by atoms with E-state index in [9.17, 15) is 5.11 Å². The summed E-state index contributed by atoms with van der Waals surface area (Å²) in [5, 5.41) is 13.7. The van der Waals surface area contributed by atoms with Crippen molar-refractivity contribution in [3.63, 3.8) is 0 Å². The normalized spacial score (nSPS) is 35.7. The van der Waals surface area contributed by atoms with E-state index in [0.717, 1.165) is 24.9 Å². The van der Waals surface area contributed by atoms with Crippen molar-refractivity contribution in [2.45, 2.75) is 70.1 Å². The molecular weight excluding hydrogens is 236 g/mol. The van der Waals surface area contributed by atoms with Gasteiger partial charge in [-0.25, -0.2) is 0 Å². The number of nitrogens with zero attached hydrogens (tertiary/aromatic N) is 1. The molecule has 0 radical (unpaired) electrons. The first-order valence-corrected chi connectivity index (χ1v) is 8.37. The Morgan fingerprint density at radius 1 is 1.11 bits per heavy atom. The monoisotopic (exact) mass is 266 g/mol. The highest BCUT2D eigenvalue weighted by Gasteiger charge is 2.34. The van der Waals surface area contributed by atoms with Gasteiger partial charge in [-0.2, -0.15) is 0 Å². The molecule has 1 heterocycles. The number of hydrogen-bond acceptors (Lipinski definition) is 3. The highest BCUT2D eigenvalue weighted by molar-refractivity contribution is 4.92. The van der Waals surface area contributed by atoms with Crippen LogP contribution in [-0.4, -0.2) is 47.8 Å². The quantitative estimate of drug-likeness (QED) is 0.799. The highest BCUT2D eigenvalue weighted by Crippen LogP contribution is 2.29. The molecule has 1 aliphatic heterocycles. The Labute approximate surface area is 117 Å². The number of aliphatic hydroxyl groups excluding tert-OH is 1. The van der Waals surface area contributed by atoms with Crippen LogP contribution in [0.1, 0.15) is 51.9 Å². The lowest BCUT2D eigenvalue weighted by molar-refractivity contribution is 0.0416. The van der Waals surface area contributed by atoms with Gasteiger partial charge in [0.1, 0.15) is 0 Å². The molecule has 0 aromatic heterocycles. The number of aliphatic hydroxyl groups is 1. The summed E-state index contributed by atoms with van der Waals surface area (Å²) in [5.74, 6) is 1.39. The summed E-state index contributed by atoms with van der Waals surface area (Å²) in [6.45, 7) is 5.55. The van der Waals surface area contributed by atoms with Crippen molar-refractivity contribution in [3.8, 4) is 0 Å². The molecule has 3 unspecified atom stereocenters. The fourth-order valence-corrected chi connectivity index (χ4v) is 3.99. The van der Waals surface area contributed by atoms with Crippen LogP contribution >= 0.6 is 0 Å². The maximum atomic E-state index is 9.97. The second-order valence-corrected chi connectivity index (χ2v) is 7.24. The third-order valence-electron chi connectivity index (χ3n) is 5.28. The Morgan fingerprint density at radius 2 is 1.84 bits per heavy atom. The van der Waals surface area contributed by atoms with Gasteiger partial charge in [0.15, 0.2) is 0 Å². The zero-order valence-electron chi connectivity index (χ0n) is 12.4. The molecule has 0 bridgehead atoms. The van der Waals surface area contributed by atoms with Gasteiger partial charge in [-0.3, -0.25) is 0 Å². The predicted molar refractivity (Wildman–Crippen MR) is 78.1 cm³/mol. The fourth-order valence-electron chi connectivity index (χ4n) is 3.99. The van der Waals surface area contributed by atoms with Crippen molar-refractivity contribution < 1.29 is 5.11 Å². The van der Waals surface area contributed by atoms with Gasteiger partial charge in [0.05, 0.1) is 6.10 Å². The molecule has 0 aromatic carbocycles. The van der Waals surface area contributed by atoms with E-state index in [1.165, 1.54) is 51.6 Å². The van der Waals surface area contributed by atoms with Crippen molar-refractivity contribution in [1.82, 2.24) is 10.2 Å². The number of rotatable bonds is 5. The van der Waals surface area contributed by atoms with E-state index < -0.39 is 0 Å². The first-order chi connectivity index (χ1) is 9.20. The average Bonchev–Trinajstić information content (AvgIpc) is 3.03. The Morgan fingerprint density at radius 3 is 2.47 bits per heavy atom. The molecule has 3 aliphatic rings. The average molecular weight is 266 g/mol. The van der Waals surface area contributed by atoms with E-state index in [1.54, 1.807) is 0 Å². The first kappa shape index (κ1) is 13.8. The molecule has 0 spiro atoms. The molecule has 3 rings (SSSR count). The standard InChI is InChI=1S/C16H30N2O/c1-12(19)14-8-16(17-15-6-7-15)11-18(10-14)9-13-4-2-3-5-13/h12-17,19H,2-11H2,1H3. The maximum Gasteiger partial charge on any atom is 0.0553 e. The van der Waals surface area contributed by atoms with Crippen LogP contribution < -0.4 is 5.32 Å². The van der Waals surface area contributed by atoms with E-state index in [2.05, 4.69) is 10.2 Å². The molecule has 2 aliphatic carbocycles. The van der Waals surface area contributed by atoms with E-state index in [-0.39, 0.29) is 6.10 Å². The van der Waals surface area contributed by atoms with Crippen molar-refractivity contribution in [2.75, 3.05) is 19.6 Å². The molecular formula is C16H30N2O. The van der Waals surface area contributed by atoms with Crippen molar-refractivity contribution in [2.24, 2.45) is 11.8 Å². The van der Waals surface area contributed by atoms with Crippen LogP contribution in [0.4, 0.5) is 0 Å². The lowest BCUT2D eigenvalue weighted by atomic mass is 9.89. The maximum absolute atomic E-state index is 9.97. The molecule has 3 nitrogen and oxygen atoms in total. The molecule has 0 aromatic rings. The van der Waals surface area contributed by atoms with E-state index in [0.29, 0.717) is 12.0 Å². The molecule has 3 atom stereocenters. The minimum absolute atomic E-state index is 0.158. The lowest BCUT2D eigenvalue weighted by Gasteiger charge is -2.40. The predicted octanol–water partition coefficient (Wildman–Crippen LogP) is 2.00. The molecule has 110 valence electrons. The van der Waals surface area contributed by atoms with Crippen molar-refractivity contribution >= 4 is 0 Å². The van der Waals surface area contributed by atoms with Gasteiger partial charge < -0.3 is 15.3 Å². The minimum atomic E-state index is -0.158. The van der Waals surface area contributed by atoms with Crippen LogP contribution in [0.5, 0.6) is 0 Å². The van der Waals surface area contributed by atoms with E-state index >= 15 is 0 Å². The van der Waals surface area contributed by atoms with Crippen molar-refractivity contribution in [3.05, 3.63) is 0 Å². The zero-order valence-corrected chi connectivity index (χ0v) is 12.4. The largest absolute Gasteiger partial charge is 0.393 e. The fraction of sp³-hybridized carbons (Fsp3) is 1.00. The second-order valence-electron chi connectivity index (χ2n) is 7.24. The summed E-state index contributed by atoms with van der Waals surface area (Å²) >= 11 is 0. The number of piperidine rings is 1. The number of hydrogen-bond donors (Lipinski definition) is 2. The molecule has 3 heteroatoms. The topological polar surface area (TPSA) is 35.5 Å². The Bertz CT molecular complexity index is 282. The molecule has 19 heavy (non-hydrogen) atoms. The number of nitrogens with one attached hydrogen (secondary N) is 1. The Hall–Kier alpha value is -0.120. The summed E-state index contributed by atoms with van der Waals surface area (Å²) in [5.41, 5.74) is 0. The van der Waals surface area contributed by atoms with Crippen LogP contribution in [0.2, 0.25) is 0 Å². The van der Waals surface area contributed by atoms with Gasteiger partial charge in [-0.05, 0) is 50.9 Å². The third-order valence-corrected chi connectivity index (χ3v) is 5.28. The smallest absolute Gasteiger partial charge is 0.0553 e. The van der Waals surface area contributed by atoms with Crippen LogP contribution in [0.15, 0.2) is 0 Å². The summed E-state index contributed by atoms with van der Waals surface area (Å²) in [4.78, 5) is 2.64. The third kappa shape index (κ3) is 3.93. The molecule has 3 fully saturated rings. The van der Waals surface area contributed by atoms with Crippen LogP contribution in [0.3, 0.4) is 0 Å². The SMILES string of the molecule is CC(O)C1CC(NC2CC2)CN(CC2CCCC2)C1. The first-order valence-electron chi connectivity index (χ1n) is 8.37. The summed E-state index contributed by atoms with van der Waals surface area (Å²) in [6.07, 6.45) is 9.44. The Balaban J connectivity index is 1.54. The number of likely N-dealkylation sites (tertiary alicyclic amines) is 1. The van der Waals surface area contributed by atoms with Crippen molar-refractivity contribution in [1.29, 1.82) is 0 Å². The van der Waals surface area contributed by atoms with Crippen LogP contribution in [-0.2, 0) is 0 Å². The lowest BCUT2D eigenvalue weighted by Crippen LogP contribution is -2.52. The summed E-state index contributed by atoms with van der Waals surface area (Å²) < 4.78 is 0. The van der Waals surface area contributed by atoms with Gasteiger partial charge >= 0.3 is 0 Å². The van der Waals surface area contributed by atoms with Gasteiger partial charge in [0.25, 0.3) is 0 Å². The van der Waals surface area contributed by atoms with Gasteiger partial charge in [0.2, 0.25) is 0 Å².